The van der Waals surface area contributed by atoms with Crippen LogP contribution in [-0.4, -0.2) is 39.1 Å². The van der Waals surface area contributed by atoms with Gasteiger partial charge < -0.3 is 25.7 Å². The van der Waals surface area contributed by atoms with E-state index in [1.807, 2.05) is 0 Å². The Bertz CT molecular complexity index is 1310. The van der Waals surface area contributed by atoms with Crippen LogP contribution in [0.5, 0.6) is 0 Å². The number of nitrogens with zero attached hydrogens (tertiary/aromatic N) is 2. The molecule has 9 nitrogen and oxygen atoms in total. The fourth-order valence-electron chi connectivity index (χ4n) is 5.57. The second kappa shape index (κ2) is 12.6. The predicted molar refractivity (Wildman–Crippen MR) is 149 cm³/mol. The largest absolute Gasteiger partial charge is 0.467 e. The van der Waals surface area contributed by atoms with Crippen molar-refractivity contribution in [3.63, 3.8) is 0 Å². The second-order valence-corrected chi connectivity index (χ2v) is 11.3. The molecule has 0 radical (unpaired) electrons. The van der Waals surface area contributed by atoms with Crippen LogP contribution < -0.4 is 16.4 Å². The molecule has 5 rings (SSSR count). The van der Waals surface area contributed by atoms with E-state index >= 15 is 0 Å². The Hall–Kier alpha value is -3.73. The molecule has 2 aliphatic carbocycles. The molecule has 40 heavy (non-hydrogen) atoms. The molecule has 0 saturated heterocycles. The minimum absolute atomic E-state index is 0.000395. The Balaban J connectivity index is 1.47. The van der Waals surface area contributed by atoms with Crippen molar-refractivity contribution in [2.24, 2.45) is 0 Å². The van der Waals surface area contributed by atoms with E-state index in [9.17, 15) is 18.8 Å². The number of carbonyl (C=O) groups excluding carboxylic acids is 3. The van der Waals surface area contributed by atoms with Gasteiger partial charge >= 0.3 is 0 Å². The van der Waals surface area contributed by atoms with Crippen molar-refractivity contribution in [2.75, 3.05) is 5.73 Å². The lowest BCUT2D eigenvalue weighted by Crippen LogP contribution is -2.45. The highest BCUT2D eigenvalue weighted by atomic mass is 32.1. The number of hydrogen-bond acceptors (Lipinski definition) is 7. The van der Waals surface area contributed by atoms with Crippen molar-refractivity contribution in [3.05, 3.63) is 70.4 Å². The first-order valence-electron chi connectivity index (χ1n) is 13.9. The van der Waals surface area contributed by atoms with Crippen LogP contribution in [0.3, 0.4) is 0 Å². The van der Waals surface area contributed by atoms with Crippen LogP contribution in [-0.2, 0) is 11.3 Å². The van der Waals surface area contributed by atoms with Gasteiger partial charge in [-0.2, -0.15) is 4.37 Å². The van der Waals surface area contributed by atoms with Gasteiger partial charge in [0.05, 0.1) is 18.5 Å². The number of rotatable bonds is 9. The fraction of sp³-hybridized carbons (Fsp3) is 0.448. The summed E-state index contributed by atoms with van der Waals surface area (Å²) in [7, 11) is 0. The molecule has 3 amide bonds. The number of amides is 3. The Morgan fingerprint density at radius 2 is 1.65 bits per heavy atom. The van der Waals surface area contributed by atoms with E-state index in [0.717, 1.165) is 69.3 Å². The van der Waals surface area contributed by atoms with E-state index in [4.69, 9.17) is 10.2 Å². The molecule has 0 unspecified atom stereocenters. The van der Waals surface area contributed by atoms with Gasteiger partial charge in [0.1, 0.15) is 22.5 Å². The van der Waals surface area contributed by atoms with Gasteiger partial charge in [-0.05, 0) is 67.0 Å². The molecule has 212 valence electrons. The zero-order valence-electron chi connectivity index (χ0n) is 22.2. The maximum Gasteiger partial charge on any atom is 0.273 e. The summed E-state index contributed by atoms with van der Waals surface area (Å²) < 4.78 is 23.6. The summed E-state index contributed by atoms with van der Waals surface area (Å²) in [5, 5.41) is 6.07. The molecule has 2 heterocycles. The first-order chi connectivity index (χ1) is 19.4. The normalized spacial score (nSPS) is 16.9. The summed E-state index contributed by atoms with van der Waals surface area (Å²) in [5.41, 5.74) is 6.77. The molecule has 2 aliphatic rings. The lowest BCUT2D eigenvalue weighted by atomic mass is 9.95. The van der Waals surface area contributed by atoms with Gasteiger partial charge in [-0.3, -0.25) is 14.4 Å². The van der Waals surface area contributed by atoms with Crippen molar-refractivity contribution in [2.45, 2.75) is 82.5 Å². The molecule has 1 aromatic carbocycles. The molecule has 2 saturated carbocycles. The van der Waals surface area contributed by atoms with Gasteiger partial charge in [0.25, 0.3) is 11.8 Å². The third-order valence-corrected chi connectivity index (χ3v) is 8.54. The quantitative estimate of drug-likeness (QED) is 0.335. The Morgan fingerprint density at radius 1 is 1.00 bits per heavy atom. The van der Waals surface area contributed by atoms with Crippen molar-refractivity contribution in [3.8, 4) is 0 Å². The molecule has 0 spiro atoms. The van der Waals surface area contributed by atoms with Gasteiger partial charge in [-0.1, -0.05) is 44.2 Å². The highest BCUT2D eigenvalue weighted by Crippen LogP contribution is 2.31. The average Bonchev–Trinajstić information content (AvgIpc) is 3.73. The van der Waals surface area contributed by atoms with Gasteiger partial charge in [-0.25, -0.2) is 4.39 Å². The van der Waals surface area contributed by atoms with Gasteiger partial charge in [0.2, 0.25) is 5.91 Å². The highest BCUT2D eigenvalue weighted by Gasteiger charge is 2.37. The van der Waals surface area contributed by atoms with E-state index in [1.54, 1.807) is 12.1 Å². The van der Waals surface area contributed by atoms with Crippen LogP contribution in [0.2, 0.25) is 0 Å². The molecule has 1 atom stereocenters. The molecular weight excluding hydrogens is 533 g/mol. The predicted octanol–water partition coefficient (Wildman–Crippen LogP) is 4.96. The minimum Gasteiger partial charge on any atom is -0.467 e. The molecular formula is C29H34FN5O4S. The monoisotopic (exact) mass is 567 g/mol. The zero-order chi connectivity index (χ0) is 28.1. The standard InChI is InChI=1S/C29H34FN5O4S/c30-19-14-12-18(13-15-19)25(28(37)33-21-9-4-5-10-21)35(17-22-11-6-16-39-22)29(38)26-23(31)24(34-40-26)27(36)32-20-7-2-1-3-8-20/h6,11-16,20-21,25H,1-5,7-10,17,31H2,(H,32,36)(H,33,37)/t25-/m0/s1. The SMILES string of the molecule is Nc1c(C(=O)NC2CCCCC2)nsc1C(=O)N(Cc1ccco1)[C@H](C(=O)NC1CCCC1)c1ccc(F)cc1. The van der Waals surface area contributed by atoms with Gasteiger partial charge in [0.15, 0.2) is 5.69 Å². The number of aromatic nitrogens is 1. The number of hydrogen-bond donors (Lipinski definition) is 3. The van der Waals surface area contributed by atoms with Crippen molar-refractivity contribution in [1.82, 2.24) is 19.9 Å². The van der Waals surface area contributed by atoms with Gasteiger partial charge in [-0.15, -0.1) is 0 Å². The maximum absolute atomic E-state index is 14.1. The summed E-state index contributed by atoms with van der Waals surface area (Å²) >= 11 is 0.826. The third-order valence-electron chi connectivity index (χ3n) is 7.69. The van der Waals surface area contributed by atoms with E-state index in [-0.39, 0.29) is 40.8 Å². The third kappa shape index (κ3) is 6.35. The first kappa shape index (κ1) is 27.8. The molecule has 0 bridgehead atoms. The molecule has 2 fully saturated rings. The van der Waals surface area contributed by atoms with Gasteiger partial charge in [0, 0.05) is 12.1 Å². The number of halogens is 1. The summed E-state index contributed by atoms with van der Waals surface area (Å²) in [6.07, 6.45) is 10.3. The summed E-state index contributed by atoms with van der Waals surface area (Å²) in [5.74, 6) is -1.36. The average molecular weight is 568 g/mol. The van der Waals surface area contributed by atoms with E-state index in [2.05, 4.69) is 15.0 Å². The molecule has 4 N–H and O–H groups in total. The number of benzene rings is 1. The lowest BCUT2D eigenvalue weighted by molar-refractivity contribution is -0.126. The Morgan fingerprint density at radius 3 is 2.30 bits per heavy atom. The number of nitrogens with two attached hydrogens (primary N) is 1. The molecule has 0 aliphatic heterocycles. The minimum atomic E-state index is -1.10. The Labute approximate surface area is 236 Å². The first-order valence-corrected chi connectivity index (χ1v) is 14.6. The second-order valence-electron chi connectivity index (χ2n) is 10.5. The van der Waals surface area contributed by atoms with Crippen LogP contribution in [0.4, 0.5) is 10.1 Å². The summed E-state index contributed by atoms with van der Waals surface area (Å²) in [6, 6.07) is 7.86. The van der Waals surface area contributed by atoms with Crippen molar-refractivity contribution >= 4 is 34.9 Å². The Kier molecular flexibility index (Phi) is 8.78. The van der Waals surface area contributed by atoms with E-state index < -0.39 is 23.7 Å². The number of furan rings is 1. The molecule has 2 aromatic heterocycles. The van der Waals surface area contributed by atoms with E-state index in [1.165, 1.54) is 35.4 Å². The van der Waals surface area contributed by atoms with Crippen LogP contribution in [0.25, 0.3) is 0 Å². The topological polar surface area (TPSA) is 131 Å². The van der Waals surface area contributed by atoms with Crippen LogP contribution in [0, 0.1) is 5.82 Å². The van der Waals surface area contributed by atoms with Crippen LogP contribution >= 0.6 is 11.5 Å². The van der Waals surface area contributed by atoms with Crippen LogP contribution in [0.15, 0.2) is 47.1 Å². The number of nitrogen functional groups attached to an aromatic ring is 1. The lowest BCUT2D eigenvalue weighted by Gasteiger charge is -2.31. The molecule has 3 aromatic rings. The van der Waals surface area contributed by atoms with Crippen LogP contribution in [0.1, 0.15) is 95.3 Å². The highest BCUT2D eigenvalue weighted by molar-refractivity contribution is 7.09. The fourth-order valence-corrected chi connectivity index (χ4v) is 6.32. The number of anilines is 1. The van der Waals surface area contributed by atoms with Crippen molar-refractivity contribution < 1.29 is 23.2 Å². The van der Waals surface area contributed by atoms with E-state index in [0.29, 0.717) is 11.3 Å². The van der Waals surface area contributed by atoms with Crippen molar-refractivity contribution in [1.29, 1.82) is 0 Å². The number of carbonyl (C=O) groups is 3. The maximum atomic E-state index is 14.1. The summed E-state index contributed by atoms with van der Waals surface area (Å²) in [6.45, 7) is -0.0487. The summed E-state index contributed by atoms with van der Waals surface area (Å²) in [4.78, 5) is 42.3. The number of nitrogens with one attached hydrogen (secondary N) is 2. The zero-order valence-corrected chi connectivity index (χ0v) is 23.1. The molecule has 11 heteroatoms. The smallest absolute Gasteiger partial charge is 0.273 e.